The van der Waals surface area contributed by atoms with Crippen LogP contribution in [0.15, 0.2) is 22.7 Å². The van der Waals surface area contributed by atoms with E-state index in [1.807, 2.05) is 12.1 Å². The quantitative estimate of drug-likeness (QED) is 0.922. The number of hydrogen-bond donors (Lipinski definition) is 1. The third-order valence-electron chi connectivity index (χ3n) is 1.81. The van der Waals surface area contributed by atoms with E-state index in [1.165, 1.54) is 0 Å². The van der Waals surface area contributed by atoms with Gasteiger partial charge in [0.15, 0.2) is 0 Å². The van der Waals surface area contributed by atoms with Gasteiger partial charge in [-0.3, -0.25) is 4.21 Å². The maximum Gasteiger partial charge on any atom is 0.101 e. The minimum Gasteiger partial charge on any atom is -0.383 e. The van der Waals surface area contributed by atoms with Crippen LogP contribution in [0.3, 0.4) is 0 Å². The number of rotatable bonds is 4. The van der Waals surface area contributed by atoms with Gasteiger partial charge in [-0.15, -0.1) is 0 Å². The molecule has 1 aromatic carbocycles. The largest absolute Gasteiger partial charge is 0.383 e. The van der Waals surface area contributed by atoms with E-state index in [0.717, 1.165) is 10.2 Å². The molecule has 1 N–H and O–H groups in total. The number of nitriles is 1. The van der Waals surface area contributed by atoms with Gasteiger partial charge >= 0.3 is 0 Å². The minimum atomic E-state index is -0.807. The molecule has 5 heteroatoms. The molecule has 0 aromatic heterocycles. The summed E-state index contributed by atoms with van der Waals surface area (Å²) >= 11 is 3.30. The highest BCUT2D eigenvalue weighted by molar-refractivity contribution is 9.10. The lowest BCUT2D eigenvalue weighted by Gasteiger charge is -2.07. The second-order valence-electron chi connectivity index (χ2n) is 3.01. The zero-order chi connectivity index (χ0) is 11.3. The van der Waals surface area contributed by atoms with Crippen LogP contribution in [0.5, 0.6) is 0 Å². The number of hydrogen-bond acceptors (Lipinski definition) is 3. The van der Waals surface area contributed by atoms with E-state index in [4.69, 9.17) is 5.26 Å². The molecule has 0 unspecified atom stereocenters. The first-order chi connectivity index (χ1) is 7.13. The molecule has 1 rings (SSSR count). The number of benzene rings is 1. The van der Waals surface area contributed by atoms with Crippen LogP contribution in [0, 0.1) is 11.3 Å². The lowest BCUT2D eigenvalue weighted by atomic mass is 10.2. The van der Waals surface area contributed by atoms with E-state index >= 15 is 0 Å². The lowest BCUT2D eigenvalue weighted by molar-refractivity contribution is 0.687. The van der Waals surface area contributed by atoms with E-state index in [-0.39, 0.29) is 0 Å². The minimum absolute atomic E-state index is 0.584. The molecule has 0 amide bonds. The fraction of sp³-hybridized carbons (Fsp3) is 0.300. The molecule has 0 radical (unpaired) electrons. The van der Waals surface area contributed by atoms with Gasteiger partial charge in [0, 0.05) is 33.8 Å². The van der Waals surface area contributed by atoms with Crippen molar-refractivity contribution in [3.8, 4) is 6.07 Å². The summed E-state index contributed by atoms with van der Waals surface area (Å²) in [6, 6.07) is 7.56. The van der Waals surface area contributed by atoms with Gasteiger partial charge in [0.1, 0.15) is 6.07 Å². The van der Waals surface area contributed by atoms with Crippen molar-refractivity contribution in [3.63, 3.8) is 0 Å². The van der Waals surface area contributed by atoms with Crippen molar-refractivity contribution in [2.24, 2.45) is 0 Å². The Morgan fingerprint density at radius 2 is 2.33 bits per heavy atom. The molecule has 1 atom stereocenters. The predicted octanol–water partition coefficient (Wildman–Crippen LogP) is 2.11. The Labute approximate surface area is 100 Å². The summed E-state index contributed by atoms with van der Waals surface area (Å²) in [5.74, 6) is 0.584. The van der Waals surface area contributed by atoms with Crippen molar-refractivity contribution in [1.82, 2.24) is 0 Å². The first-order valence-electron chi connectivity index (χ1n) is 4.37. The molecule has 0 spiro atoms. The van der Waals surface area contributed by atoms with Crippen LogP contribution in [0.25, 0.3) is 0 Å². The summed E-state index contributed by atoms with van der Waals surface area (Å²) in [6.07, 6.45) is 1.66. The van der Waals surface area contributed by atoms with Gasteiger partial charge < -0.3 is 5.32 Å². The summed E-state index contributed by atoms with van der Waals surface area (Å²) in [7, 11) is -0.807. The van der Waals surface area contributed by atoms with Crippen molar-refractivity contribution in [3.05, 3.63) is 28.2 Å². The van der Waals surface area contributed by atoms with Crippen molar-refractivity contribution < 1.29 is 4.21 Å². The van der Waals surface area contributed by atoms with Gasteiger partial charge in [0.2, 0.25) is 0 Å². The zero-order valence-electron chi connectivity index (χ0n) is 8.29. The Morgan fingerprint density at radius 1 is 1.60 bits per heavy atom. The molecular formula is C10H11BrN2OS. The van der Waals surface area contributed by atoms with Crippen molar-refractivity contribution in [2.75, 3.05) is 23.9 Å². The first-order valence-corrected chi connectivity index (χ1v) is 6.89. The van der Waals surface area contributed by atoms with E-state index in [2.05, 4.69) is 27.3 Å². The van der Waals surface area contributed by atoms with Crippen molar-refractivity contribution >= 4 is 32.4 Å². The molecule has 1 aromatic rings. The Hall–Kier alpha value is -0.860. The zero-order valence-corrected chi connectivity index (χ0v) is 10.7. The lowest BCUT2D eigenvalue weighted by Crippen LogP contribution is -2.10. The smallest absolute Gasteiger partial charge is 0.101 e. The van der Waals surface area contributed by atoms with Crippen LogP contribution >= 0.6 is 15.9 Å². The highest BCUT2D eigenvalue weighted by Crippen LogP contribution is 2.19. The average Bonchev–Trinajstić information content (AvgIpc) is 2.19. The molecule has 0 saturated carbocycles. The maximum absolute atomic E-state index is 10.8. The maximum atomic E-state index is 10.8. The van der Waals surface area contributed by atoms with Gasteiger partial charge in [-0.2, -0.15) is 5.26 Å². The van der Waals surface area contributed by atoms with E-state index in [1.54, 1.807) is 12.3 Å². The molecule has 0 heterocycles. The van der Waals surface area contributed by atoms with Gasteiger partial charge in [-0.1, -0.05) is 15.9 Å². The van der Waals surface area contributed by atoms with Crippen LogP contribution in [-0.2, 0) is 10.8 Å². The molecule has 0 bridgehead atoms. The second-order valence-corrected chi connectivity index (χ2v) is 5.48. The third kappa shape index (κ3) is 4.02. The summed E-state index contributed by atoms with van der Waals surface area (Å²) in [4.78, 5) is 0. The number of nitrogens with one attached hydrogen (secondary N) is 1. The van der Waals surface area contributed by atoms with Gasteiger partial charge in [-0.25, -0.2) is 0 Å². The van der Waals surface area contributed by atoms with E-state index < -0.39 is 10.8 Å². The fourth-order valence-electron chi connectivity index (χ4n) is 1.09. The molecule has 80 valence electrons. The topological polar surface area (TPSA) is 52.9 Å². The van der Waals surface area contributed by atoms with Crippen LogP contribution in [-0.4, -0.2) is 22.8 Å². The Kier molecular flexibility index (Phi) is 4.79. The third-order valence-corrected chi connectivity index (χ3v) is 3.08. The number of nitrogens with zero attached hydrogens (tertiary/aromatic N) is 1. The van der Waals surface area contributed by atoms with Gasteiger partial charge in [0.05, 0.1) is 11.3 Å². The predicted molar refractivity (Wildman–Crippen MR) is 66.3 cm³/mol. The van der Waals surface area contributed by atoms with Crippen molar-refractivity contribution in [1.29, 1.82) is 5.26 Å². The molecule has 0 aliphatic carbocycles. The first kappa shape index (κ1) is 12.2. The summed E-state index contributed by atoms with van der Waals surface area (Å²) in [5.41, 5.74) is 1.37. The molecule has 0 fully saturated rings. The average molecular weight is 287 g/mol. The summed E-state index contributed by atoms with van der Waals surface area (Å²) in [6.45, 7) is 0.611. The Bertz CT molecular complexity index is 414. The van der Waals surface area contributed by atoms with Crippen LogP contribution in [0.2, 0.25) is 0 Å². The normalized spacial score (nSPS) is 11.8. The fourth-order valence-corrected chi connectivity index (χ4v) is 1.84. The molecule has 15 heavy (non-hydrogen) atoms. The van der Waals surface area contributed by atoms with Gasteiger partial charge in [0.25, 0.3) is 0 Å². The van der Waals surface area contributed by atoms with E-state index in [9.17, 15) is 4.21 Å². The molecule has 0 aliphatic rings. The summed E-state index contributed by atoms with van der Waals surface area (Å²) < 4.78 is 11.7. The van der Waals surface area contributed by atoms with Crippen LogP contribution in [0.4, 0.5) is 5.69 Å². The van der Waals surface area contributed by atoms with Crippen LogP contribution < -0.4 is 5.32 Å². The Balaban J connectivity index is 2.69. The molecule has 3 nitrogen and oxygen atoms in total. The monoisotopic (exact) mass is 286 g/mol. The van der Waals surface area contributed by atoms with Crippen molar-refractivity contribution in [2.45, 2.75) is 0 Å². The number of anilines is 1. The van der Waals surface area contributed by atoms with Gasteiger partial charge in [-0.05, 0) is 18.2 Å². The highest BCUT2D eigenvalue weighted by Gasteiger charge is 2.01. The second kappa shape index (κ2) is 5.89. The summed E-state index contributed by atoms with van der Waals surface area (Å²) in [5, 5.41) is 12.0. The Morgan fingerprint density at radius 3 is 2.93 bits per heavy atom. The SMILES string of the molecule is C[S@@](=O)CCNc1ccc(Br)cc1C#N. The number of halogens is 1. The standard InChI is InChI=1S/C10H11BrN2OS/c1-15(14)5-4-13-10-3-2-9(11)6-8(10)7-12/h2-3,6,13H,4-5H2,1H3/t15-/m1/s1. The molecular weight excluding hydrogens is 276 g/mol. The van der Waals surface area contributed by atoms with E-state index in [0.29, 0.717) is 17.9 Å². The van der Waals surface area contributed by atoms with Crippen LogP contribution in [0.1, 0.15) is 5.56 Å². The highest BCUT2D eigenvalue weighted by atomic mass is 79.9. The molecule has 0 saturated heterocycles. The molecule has 0 aliphatic heterocycles.